The first-order valence-electron chi connectivity index (χ1n) is 7.20. The minimum atomic E-state index is 0. The van der Waals surface area contributed by atoms with Crippen molar-refractivity contribution in [2.24, 2.45) is 4.99 Å². The van der Waals surface area contributed by atoms with Crippen molar-refractivity contribution in [3.05, 3.63) is 52.0 Å². The minimum Gasteiger partial charge on any atom is -0.357 e. The van der Waals surface area contributed by atoms with Crippen LogP contribution in [-0.4, -0.2) is 17.5 Å². The van der Waals surface area contributed by atoms with Crippen molar-refractivity contribution in [1.29, 1.82) is 0 Å². The number of rotatable bonds is 5. The van der Waals surface area contributed by atoms with Crippen molar-refractivity contribution >= 4 is 41.3 Å². The van der Waals surface area contributed by atoms with E-state index >= 15 is 0 Å². The van der Waals surface area contributed by atoms with Gasteiger partial charge < -0.3 is 10.6 Å². The molecule has 1 atom stereocenters. The number of thiazole rings is 1. The van der Waals surface area contributed by atoms with E-state index in [-0.39, 0.29) is 30.0 Å². The van der Waals surface area contributed by atoms with Crippen LogP contribution in [-0.2, 0) is 6.54 Å². The number of hydrogen-bond donors (Lipinski definition) is 2. The Morgan fingerprint density at radius 1 is 1.32 bits per heavy atom. The van der Waals surface area contributed by atoms with Crippen molar-refractivity contribution < 1.29 is 0 Å². The van der Waals surface area contributed by atoms with Crippen LogP contribution in [0.1, 0.15) is 35.3 Å². The molecule has 0 aliphatic rings. The molecule has 6 heteroatoms. The summed E-state index contributed by atoms with van der Waals surface area (Å²) in [6, 6.07) is 10.6. The first kappa shape index (κ1) is 18.9. The highest BCUT2D eigenvalue weighted by Gasteiger charge is 2.07. The topological polar surface area (TPSA) is 49.3 Å². The van der Waals surface area contributed by atoms with Gasteiger partial charge in [-0.15, -0.1) is 35.3 Å². The van der Waals surface area contributed by atoms with Crippen LogP contribution in [0.3, 0.4) is 0 Å². The maximum Gasteiger partial charge on any atom is 0.192 e. The molecule has 2 aromatic rings. The highest BCUT2D eigenvalue weighted by atomic mass is 127. The predicted octanol–water partition coefficient (Wildman–Crippen LogP) is 3.89. The first-order chi connectivity index (χ1) is 10.2. The normalized spacial score (nSPS) is 12.4. The molecule has 1 heterocycles. The van der Waals surface area contributed by atoms with Gasteiger partial charge in [0.05, 0.1) is 17.6 Å². The monoisotopic (exact) mass is 430 g/mol. The summed E-state index contributed by atoms with van der Waals surface area (Å²) in [6.45, 7) is 7.72. The molecule has 1 aromatic heterocycles. The molecule has 0 spiro atoms. The molecule has 0 saturated heterocycles. The molecule has 0 amide bonds. The molecule has 4 nitrogen and oxygen atoms in total. The second kappa shape index (κ2) is 9.78. The number of guanidine groups is 1. The highest BCUT2D eigenvalue weighted by molar-refractivity contribution is 14.0. The fourth-order valence-corrected chi connectivity index (χ4v) is 2.70. The Hall–Kier alpha value is -1.15. The van der Waals surface area contributed by atoms with Gasteiger partial charge in [0.2, 0.25) is 0 Å². The van der Waals surface area contributed by atoms with Gasteiger partial charge >= 0.3 is 0 Å². The summed E-state index contributed by atoms with van der Waals surface area (Å²) in [4.78, 5) is 10.1. The van der Waals surface area contributed by atoms with Crippen LogP contribution in [0.4, 0.5) is 0 Å². The maximum absolute atomic E-state index is 4.63. The number of hydrogen-bond acceptors (Lipinski definition) is 3. The van der Waals surface area contributed by atoms with Crippen LogP contribution in [0.25, 0.3) is 0 Å². The summed E-state index contributed by atoms with van der Waals surface area (Å²) in [7, 11) is 0. The van der Waals surface area contributed by atoms with Gasteiger partial charge in [0.15, 0.2) is 5.96 Å². The van der Waals surface area contributed by atoms with Crippen LogP contribution < -0.4 is 10.6 Å². The Bertz CT molecular complexity index is 583. The van der Waals surface area contributed by atoms with Crippen LogP contribution in [0.2, 0.25) is 0 Å². The standard InChI is InChI=1S/C16H22N4S.HI/c1-4-17-16(19-11-15-10-18-13(3)21-15)20-12(2)14-8-6-5-7-9-14;/h5-10,12H,4,11H2,1-3H3,(H2,17,19,20);1H. The summed E-state index contributed by atoms with van der Waals surface area (Å²) in [6.07, 6.45) is 1.90. The van der Waals surface area contributed by atoms with Crippen molar-refractivity contribution in [2.75, 3.05) is 6.54 Å². The van der Waals surface area contributed by atoms with Crippen molar-refractivity contribution in [1.82, 2.24) is 15.6 Å². The second-order valence-electron chi connectivity index (χ2n) is 4.82. The van der Waals surface area contributed by atoms with E-state index in [4.69, 9.17) is 0 Å². The Morgan fingerprint density at radius 3 is 2.64 bits per heavy atom. The molecule has 0 aliphatic heterocycles. The molecule has 0 aliphatic carbocycles. The molecule has 0 radical (unpaired) electrons. The molecule has 2 rings (SSSR count). The molecule has 1 unspecified atom stereocenters. The molecule has 22 heavy (non-hydrogen) atoms. The van der Waals surface area contributed by atoms with Gasteiger partial charge in [-0.05, 0) is 26.3 Å². The largest absolute Gasteiger partial charge is 0.357 e. The predicted molar refractivity (Wildman–Crippen MR) is 105 cm³/mol. The molecule has 0 fully saturated rings. The molecule has 2 N–H and O–H groups in total. The van der Waals surface area contributed by atoms with Crippen molar-refractivity contribution in [3.8, 4) is 0 Å². The Labute approximate surface area is 153 Å². The third kappa shape index (κ3) is 5.92. The summed E-state index contributed by atoms with van der Waals surface area (Å²) >= 11 is 1.69. The summed E-state index contributed by atoms with van der Waals surface area (Å²) in [5.41, 5.74) is 1.25. The van der Waals surface area contributed by atoms with E-state index in [1.165, 1.54) is 10.4 Å². The van der Waals surface area contributed by atoms with Crippen LogP contribution in [0.15, 0.2) is 41.5 Å². The number of aryl methyl sites for hydroxylation is 1. The zero-order valence-electron chi connectivity index (χ0n) is 13.2. The van der Waals surface area contributed by atoms with E-state index in [1.807, 2.05) is 19.2 Å². The quantitative estimate of drug-likeness (QED) is 0.430. The zero-order valence-corrected chi connectivity index (χ0v) is 16.3. The second-order valence-corrected chi connectivity index (χ2v) is 6.14. The van der Waals surface area contributed by atoms with Gasteiger partial charge in [0.25, 0.3) is 0 Å². The minimum absolute atomic E-state index is 0. The maximum atomic E-state index is 4.63. The van der Waals surface area contributed by atoms with Gasteiger partial charge in [-0.3, -0.25) is 0 Å². The Morgan fingerprint density at radius 2 is 2.05 bits per heavy atom. The van der Waals surface area contributed by atoms with E-state index in [0.717, 1.165) is 17.5 Å². The molecular formula is C16H23IN4S. The van der Waals surface area contributed by atoms with Gasteiger partial charge in [-0.25, -0.2) is 9.98 Å². The van der Waals surface area contributed by atoms with Crippen LogP contribution >= 0.6 is 35.3 Å². The van der Waals surface area contributed by atoms with E-state index < -0.39 is 0 Å². The zero-order chi connectivity index (χ0) is 15.1. The van der Waals surface area contributed by atoms with E-state index in [1.54, 1.807) is 11.3 Å². The van der Waals surface area contributed by atoms with E-state index in [2.05, 4.69) is 58.7 Å². The highest BCUT2D eigenvalue weighted by Crippen LogP contribution is 2.13. The molecule has 0 saturated carbocycles. The lowest BCUT2D eigenvalue weighted by Crippen LogP contribution is -2.38. The molecule has 0 bridgehead atoms. The lowest BCUT2D eigenvalue weighted by molar-refractivity contribution is 0.687. The third-order valence-electron chi connectivity index (χ3n) is 3.06. The number of nitrogens with one attached hydrogen (secondary N) is 2. The molecule has 120 valence electrons. The van der Waals surface area contributed by atoms with Gasteiger partial charge in [-0.2, -0.15) is 0 Å². The Balaban J connectivity index is 0.00000242. The number of halogens is 1. The fraction of sp³-hybridized carbons (Fsp3) is 0.375. The summed E-state index contributed by atoms with van der Waals surface area (Å²) in [5, 5.41) is 7.80. The Kier molecular flexibility index (Phi) is 8.40. The van der Waals surface area contributed by atoms with Gasteiger partial charge in [0, 0.05) is 17.6 Å². The van der Waals surface area contributed by atoms with E-state index in [9.17, 15) is 0 Å². The molecule has 1 aromatic carbocycles. The van der Waals surface area contributed by atoms with Crippen molar-refractivity contribution in [2.45, 2.75) is 33.4 Å². The number of aliphatic imine (C=N–C) groups is 1. The first-order valence-corrected chi connectivity index (χ1v) is 8.01. The number of aromatic nitrogens is 1. The van der Waals surface area contributed by atoms with E-state index in [0.29, 0.717) is 6.54 Å². The molecular weight excluding hydrogens is 407 g/mol. The average molecular weight is 430 g/mol. The fourth-order valence-electron chi connectivity index (χ4n) is 1.99. The van der Waals surface area contributed by atoms with Crippen LogP contribution in [0.5, 0.6) is 0 Å². The lowest BCUT2D eigenvalue weighted by Gasteiger charge is -2.18. The van der Waals surface area contributed by atoms with Gasteiger partial charge in [0.1, 0.15) is 0 Å². The number of nitrogens with zero attached hydrogens (tertiary/aromatic N) is 2. The van der Waals surface area contributed by atoms with Crippen LogP contribution in [0, 0.1) is 6.92 Å². The summed E-state index contributed by atoms with van der Waals surface area (Å²) < 4.78 is 0. The average Bonchev–Trinajstić information content (AvgIpc) is 2.91. The smallest absolute Gasteiger partial charge is 0.192 e. The third-order valence-corrected chi connectivity index (χ3v) is 3.96. The number of benzene rings is 1. The lowest BCUT2D eigenvalue weighted by atomic mass is 10.1. The summed E-state index contributed by atoms with van der Waals surface area (Å²) in [5.74, 6) is 0.833. The SMILES string of the molecule is CCNC(=NCc1cnc(C)s1)NC(C)c1ccccc1.I. The van der Waals surface area contributed by atoms with Crippen molar-refractivity contribution in [3.63, 3.8) is 0 Å². The van der Waals surface area contributed by atoms with Gasteiger partial charge in [-0.1, -0.05) is 30.3 Å².